The lowest BCUT2D eigenvalue weighted by molar-refractivity contribution is 0.0982. The van der Waals surface area contributed by atoms with E-state index in [0.717, 1.165) is 6.42 Å². The molecule has 0 aromatic heterocycles. The highest BCUT2D eigenvalue weighted by Gasteiger charge is 2.07. The molecular weight excluding hydrogens is 218 g/mol. The van der Waals surface area contributed by atoms with Crippen molar-refractivity contribution < 1.29 is 14.6 Å². The van der Waals surface area contributed by atoms with Crippen molar-refractivity contribution in [3.8, 4) is 5.75 Å². The molecule has 94 valence electrons. The van der Waals surface area contributed by atoms with Crippen molar-refractivity contribution >= 4 is 11.5 Å². The normalized spacial score (nSPS) is 10.2. The third-order valence-corrected chi connectivity index (χ3v) is 2.37. The Labute approximate surface area is 101 Å². The highest BCUT2D eigenvalue weighted by molar-refractivity contribution is 5.97. The van der Waals surface area contributed by atoms with Crippen LogP contribution >= 0.6 is 0 Å². The molecular formula is C13H19NO3. The summed E-state index contributed by atoms with van der Waals surface area (Å²) >= 11 is 0. The summed E-state index contributed by atoms with van der Waals surface area (Å²) in [6.07, 6.45) is 1.92. The second kappa shape index (κ2) is 6.91. The highest BCUT2D eigenvalue weighted by Crippen LogP contribution is 2.23. The van der Waals surface area contributed by atoms with E-state index in [0.29, 0.717) is 36.4 Å². The van der Waals surface area contributed by atoms with Crippen molar-refractivity contribution in [3.63, 3.8) is 0 Å². The van der Waals surface area contributed by atoms with E-state index in [4.69, 9.17) is 15.6 Å². The molecule has 0 unspecified atom stereocenters. The first kappa shape index (κ1) is 13.5. The SMILES string of the molecule is CCCC(=O)c1ccc(OCCCO)c(N)c1. The molecule has 0 aliphatic heterocycles. The molecule has 0 aliphatic carbocycles. The summed E-state index contributed by atoms with van der Waals surface area (Å²) in [6, 6.07) is 5.07. The Bertz CT molecular complexity index is 377. The van der Waals surface area contributed by atoms with Crippen LogP contribution in [-0.4, -0.2) is 24.1 Å². The Morgan fingerprint density at radius 1 is 1.47 bits per heavy atom. The number of carbonyl (C=O) groups is 1. The Morgan fingerprint density at radius 3 is 2.82 bits per heavy atom. The predicted octanol–water partition coefficient (Wildman–Crippen LogP) is 2.01. The van der Waals surface area contributed by atoms with Gasteiger partial charge >= 0.3 is 0 Å². The third-order valence-electron chi connectivity index (χ3n) is 2.37. The maximum Gasteiger partial charge on any atom is 0.162 e. The van der Waals surface area contributed by atoms with Crippen LogP contribution in [0.5, 0.6) is 5.75 Å². The molecule has 4 heteroatoms. The van der Waals surface area contributed by atoms with Gasteiger partial charge in [0.2, 0.25) is 0 Å². The monoisotopic (exact) mass is 237 g/mol. The number of hydrogen-bond acceptors (Lipinski definition) is 4. The van der Waals surface area contributed by atoms with Gasteiger partial charge < -0.3 is 15.6 Å². The molecule has 3 N–H and O–H groups in total. The summed E-state index contributed by atoms with van der Waals surface area (Å²) in [5.41, 5.74) is 6.88. The summed E-state index contributed by atoms with van der Waals surface area (Å²) in [4.78, 5) is 11.6. The largest absolute Gasteiger partial charge is 0.491 e. The molecule has 0 spiro atoms. The van der Waals surface area contributed by atoms with E-state index in [1.54, 1.807) is 18.2 Å². The maximum atomic E-state index is 11.6. The lowest BCUT2D eigenvalue weighted by Crippen LogP contribution is -2.04. The molecule has 17 heavy (non-hydrogen) atoms. The van der Waals surface area contributed by atoms with Gasteiger partial charge in [-0.15, -0.1) is 0 Å². The molecule has 0 radical (unpaired) electrons. The van der Waals surface area contributed by atoms with Crippen LogP contribution in [0.1, 0.15) is 36.5 Å². The minimum absolute atomic E-state index is 0.0903. The lowest BCUT2D eigenvalue weighted by Gasteiger charge is -2.09. The fourth-order valence-electron chi connectivity index (χ4n) is 1.47. The van der Waals surface area contributed by atoms with Crippen LogP contribution in [0.2, 0.25) is 0 Å². The van der Waals surface area contributed by atoms with E-state index in [-0.39, 0.29) is 12.4 Å². The van der Waals surface area contributed by atoms with E-state index >= 15 is 0 Å². The van der Waals surface area contributed by atoms with Gasteiger partial charge in [-0.3, -0.25) is 4.79 Å². The van der Waals surface area contributed by atoms with Crippen molar-refractivity contribution in [1.82, 2.24) is 0 Å². The Morgan fingerprint density at radius 2 is 2.24 bits per heavy atom. The topological polar surface area (TPSA) is 72.5 Å². The molecule has 0 amide bonds. The summed E-state index contributed by atoms with van der Waals surface area (Å²) in [5.74, 6) is 0.660. The van der Waals surface area contributed by atoms with Crippen LogP contribution < -0.4 is 10.5 Å². The molecule has 0 fully saturated rings. The number of nitrogens with two attached hydrogens (primary N) is 1. The van der Waals surface area contributed by atoms with Crippen molar-refractivity contribution in [1.29, 1.82) is 0 Å². The van der Waals surface area contributed by atoms with Crippen molar-refractivity contribution in [2.75, 3.05) is 18.9 Å². The first-order valence-corrected chi connectivity index (χ1v) is 5.85. The van der Waals surface area contributed by atoms with Crippen LogP contribution in [0.25, 0.3) is 0 Å². The molecule has 1 rings (SSSR count). The molecule has 0 saturated heterocycles. The number of aliphatic hydroxyl groups is 1. The van der Waals surface area contributed by atoms with Gasteiger partial charge in [0.25, 0.3) is 0 Å². The number of ketones is 1. The Kier molecular flexibility index (Phi) is 5.49. The number of benzene rings is 1. The van der Waals surface area contributed by atoms with E-state index < -0.39 is 0 Å². The van der Waals surface area contributed by atoms with Crippen molar-refractivity contribution in [3.05, 3.63) is 23.8 Å². The Balaban J connectivity index is 2.68. The van der Waals surface area contributed by atoms with Gasteiger partial charge in [0.15, 0.2) is 5.78 Å². The number of nitrogen functional groups attached to an aromatic ring is 1. The highest BCUT2D eigenvalue weighted by atomic mass is 16.5. The summed E-state index contributed by atoms with van der Waals surface area (Å²) in [5, 5.41) is 8.63. The van der Waals surface area contributed by atoms with Gasteiger partial charge in [-0.2, -0.15) is 0 Å². The van der Waals surface area contributed by atoms with Gasteiger partial charge in [0.1, 0.15) is 5.75 Å². The van der Waals surface area contributed by atoms with E-state index in [2.05, 4.69) is 0 Å². The summed E-state index contributed by atoms with van der Waals surface area (Å²) in [7, 11) is 0. The average Bonchev–Trinajstić information content (AvgIpc) is 2.31. The Hall–Kier alpha value is -1.55. The zero-order chi connectivity index (χ0) is 12.7. The van der Waals surface area contributed by atoms with Crippen LogP contribution in [-0.2, 0) is 0 Å². The fraction of sp³-hybridized carbons (Fsp3) is 0.462. The number of ether oxygens (including phenoxy) is 1. The number of rotatable bonds is 7. The van der Waals surface area contributed by atoms with Gasteiger partial charge in [-0.05, 0) is 24.6 Å². The van der Waals surface area contributed by atoms with Crippen molar-refractivity contribution in [2.45, 2.75) is 26.2 Å². The summed E-state index contributed by atoms with van der Waals surface area (Å²) in [6.45, 7) is 2.48. The van der Waals surface area contributed by atoms with Crippen LogP contribution in [0.4, 0.5) is 5.69 Å². The number of carbonyl (C=O) groups excluding carboxylic acids is 1. The quantitative estimate of drug-likeness (QED) is 0.432. The first-order valence-electron chi connectivity index (χ1n) is 5.85. The zero-order valence-corrected chi connectivity index (χ0v) is 10.1. The molecule has 0 heterocycles. The number of anilines is 1. The molecule has 1 aromatic carbocycles. The van der Waals surface area contributed by atoms with Crippen LogP contribution in [0, 0.1) is 0 Å². The first-order chi connectivity index (χ1) is 8.19. The smallest absolute Gasteiger partial charge is 0.162 e. The fourth-order valence-corrected chi connectivity index (χ4v) is 1.47. The van der Waals surface area contributed by atoms with E-state index in [9.17, 15) is 4.79 Å². The molecule has 1 aromatic rings. The zero-order valence-electron chi connectivity index (χ0n) is 10.1. The molecule has 0 saturated carbocycles. The second-order valence-corrected chi connectivity index (χ2v) is 3.85. The van der Waals surface area contributed by atoms with Crippen molar-refractivity contribution in [2.24, 2.45) is 0 Å². The molecule has 0 aliphatic rings. The minimum Gasteiger partial charge on any atom is -0.491 e. The molecule has 0 bridgehead atoms. The lowest BCUT2D eigenvalue weighted by atomic mass is 10.1. The van der Waals surface area contributed by atoms with Gasteiger partial charge in [0, 0.05) is 25.0 Å². The number of Topliss-reactive ketones (excluding diaryl/α,β-unsaturated/α-hetero) is 1. The van der Waals surface area contributed by atoms with Crippen LogP contribution in [0.3, 0.4) is 0 Å². The van der Waals surface area contributed by atoms with Gasteiger partial charge in [-0.1, -0.05) is 6.92 Å². The second-order valence-electron chi connectivity index (χ2n) is 3.85. The standard InChI is InChI=1S/C13H19NO3/c1-2-4-12(16)10-5-6-13(11(14)9-10)17-8-3-7-15/h5-6,9,15H,2-4,7-8,14H2,1H3. The molecule has 0 atom stereocenters. The average molecular weight is 237 g/mol. The van der Waals surface area contributed by atoms with Gasteiger partial charge in [0.05, 0.1) is 12.3 Å². The number of hydrogen-bond donors (Lipinski definition) is 2. The van der Waals surface area contributed by atoms with E-state index in [1.165, 1.54) is 0 Å². The third kappa shape index (κ3) is 4.07. The van der Waals surface area contributed by atoms with E-state index in [1.807, 2.05) is 6.92 Å². The molecule has 4 nitrogen and oxygen atoms in total. The predicted molar refractivity (Wildman–Crippen MR) is 67.3 cm³/mol. The minimum atomic E-state index is 0.0903. The maximum absolute atomic E-state index is 11.6. The number of aliphatic hydroxyl groups excluding tert-OH is 1. The van der Waals surface area contributed by atoms with Gasteiger partial charge in [-0.25, -0.2) is 0 Å². The van der Waals surface area contributed by atoms with Crippen LogP contribution in [0.15, 0.2) is 18.2 Å². The summed E-state index contributed by atoms with van der Waals surface area (Å²) < 4.78 is 5.38.